The van der Waals surface area contributed by atoms with Crippen LogP contribution >= 0.6 is 0 Å². The van der Waals surface area contributed by atoms with E-state index in [2.05, 4.69) is 10.1 Å². The van der Waals surface area contributed by atoms with Crippen LogP contribution in [0, 0.1) is 0 Å². The number of nitrogens with zero attached hydrogens (tertiary/aromatic N) is 4. The molecule has 0 fully saturated rings. The molecule has 19 heavy (non-hydrogen) atoms. The van der Waals surface area contributed by atoms with E-state index in [-0.39, 0.29) is 0 Å². The van der Waals surface area contributed by atoms with Crippen LogP contribution in [0.3, 0.4) is 0 Å². The van der Waals surface area contributed by atoms with Crippen molar-refractivity contribution in [3.8, 4) is 5.75 Å². The monoisotopic (exact) mass is 257 g/mol. The molecule has 0 bridgehead atoms. The van der Waals surface area contributed by atoms with Gasteiger partial charge in [-0.25, -0.2) is 4.98 Å². The molecule has 0 saturated heterocycles. The Morgan fingerprint density at radius 2 is 2.16 bits per heavy atom. The second kappa shape index (κ2) is 4.31. The van der Waals surface area contributed by atoms with Crippen LogP contribution in [-0.4, -0.2) is 26.4 Å². The molecule has 98 valence electrons. The minimum absolute atomic E-state index is 0.490. The van der Waals surface area contributed by atoms with E-state index in [1.807, 2.05) is 40.6 Å². The van der Waals surface area contributed by atoms with Gasteiger partial charge in [0.25, 0.3) is 0 Å². The summed E-state index contributed by atoms with van der Waals surface area (Å²) < 4.78 is 8.98. The molecule has 6 heteroatoms. The van der Waals surface area contributed by atoms with Crippen molar-refractivity contribution >= 4 is 17.0 Å². The van der Waals surface area contributed by atoms with Gasteiger partial charge in [0.1, 0.15) is 5.75 Å². The quantitative estimate of drug-likeness (QED) is 0.770. The first-order valence-corrected chi connectivity index (χ1v) is 5.95. The number of aromatic nitrogens is 4. The minimum atomic E-state index is 0.490. The van der Waals surface area contributed by atoms with Gasteiger partial charge < -0.3 is 15.0 Å². The van der Waals surface area contributed by atoms with Crippen LogP contribution in [0.5, 0.6) is 5.75 Å². The summed E-state index contributed by atoms with van der Waals surface area (Å²) in [6, 6.07) is 7.72. The number of hydrogen-bond donors (Lipinski definition) is 1. The van der Waals surface area contributed by atoms with Crippen LogP contribution in [0.2, 0.25) is 0 Å². The van der Waals surface area contributed by atoms with Crippen LogP contribution in [0.25, 0.3) is 11.0 Å². The molecule has 0 atom stereocenters. The number of rotatable bonds is 3. The summed E-state index contributed by atoms with van der Waals surface area (Å²) in [7, 11) is 3.55. The van der Waals surface area contributed by atoms with E-state index in [0.29, 0.717) is 12.5 Å². The summed E-state index contributed by atoms with van der Waals surface area (Å²) in [6.07, 6.45) is 1.77. The Bertz CT molecular complexity index is 728. The molecule has 0 spiro atoms. The highest BCUT2D eigenvalue weighted by Crippen LogP contribution is 2.23. The van der Waals surface area contributed by atoms with Crippen molar-refractivity contribution in [1.29, 1.82) is 0 Å². The molecule has 3 rings (SSSR count). The molecule has 6 nitrogen and oxygen atoms in total. The predicted octanol–water partition coefficient (Wildman–Crippen LogP) is 1.41. The lowest BCUT2D eigenvalue weighted by atomic mass is 10.3. The van der Waals surface area contributed by atoms with E-state index in [1.54, 1.807) is 13.3 Å². The van der Waals surface area contributed by atoms with E-state index in [1.165, 1.54) is 0 Å². The summed E-state index contributed by atoms with van der Waals surface area (Å²) in [5.74, 6) is 1.27. The Balaban J connectivity index is 2.08. The fourth-order valence-electron chi connectivity index (χ4n) is 2.14. The van der Waals surface area contributed by atoms with E-state index < -0.39 is 0 Å². The molecule has 2 N–H and O–H groups in total. The van der Waals surface area contributed by atoms with Gasteiger partial charge in [0.15, 0.2) is 0 Å². The van der Waals surface area contributed by atoms with Crippen molar-refractivity contribution in [3.63, 3.8) is 0 Å². The predicted molar refractivity (Wildman–Crippen MR) is 73.0 cm³/mol. The molecule has 0 aliphatic rings. The lowest BCUT2D eigenvalue weighted by molar-refractivity contribution is 0.415. The van der Waals surface area contributed by atoms with Crippen molar-refractivity contribution in [2.45, 2.75) is 6.54 Å². The summed E-state index contributed by atoms with van der Waals surface area (Å²) in [5, 5.41) is 4.16. The first-order valence-electron chi connectivity index (χ1n) is 5.95. The Morgan fingerprint density at radius 1 is 1.32 bits per heavy atom. The zero-order valence-corrected chi connectivity index (χ0v) is 10.9. The van der Waals surface area contributed by atoms with Gasteiger partial charge in [0.05, 0.1) is 30.4 Å². The van der Waals surface area contributed by atoms with Crippen LogP contribution in [0.4, 0.5) is 5.95 Å². The van der Waals surface area contributed by atoms with Crippen LogP contribution in [0.1, 0.15) is 5.69 Å². The highest BCUT2D eigenvalue weighted by Gasteiger charge is 2.10. The van der Waals surface area contributed by atoms with Gasteiger partial charge in [-0.05, 0) is 18.2 Å². The number of methoxy groups -OCH3 is 1. The molecule has 0 unspecified atom stereocenters. The van der Waals surface area contributed by atoms with Gasteiger partial charge in [-0.1, -0.05) is 0 Å². The van der Waals surface area contributed by atoms with Crippen LogP contribution in [-0.2, 0) is 13.6 Å². The third-order valence-corrected chi connectivity index (χ3v) is 3.23. The second-order valence-corrected chi connectivity index (χ2v) is 4.36. The minimum Gasteiger partial charge on any atom is -0.497 e. The average Bonchev–Trinajstić information content (AvgIpc) is 2.94. The number of aryl methyl sites for hydroxylation is 1. The number of nitrogen functional groups attached to an aromatic ring is 1. The molecule has 0 aliphatic heterocycles. The second-order valence-electron chi connectivity index (χ2n) is 4.36. The SMILES string of the molecule is COc1ccc2c(c1)nc(N)n2Cc1ccnn1C. The molecule has 0 aliphatic carbocycles. The molecule has 2 heterocycles. The zero-order chi connectivity index (χ0) is 13.4. The summed E-state index contributed by atoms with van der Waals surface area (Å²) >= 11 is 0. The fraction of sp³-hybridized carbons (Fsp3) is 0.231. The fourth-order valence-corrected chi connectivity index (χ4v) is 2.14. The topological polar surface area (TPSA) is 70.9 Å². The first kappa shape index (κ1) is 11.6. The third-order valence-electron chi connectivity index (χ3n) is 3.23. The third kappa shape index (κ3) is 1.91. The van der Waals surface area contributed by atoms with Gasteiger partial charge in [0, 0.05) is 19.3 Å². The summed E-state index contributed by atoms with van der Waals surface area (Å²) in [6.45, 7) is 0.644. The molecule has 0 radical (unpaired) electrons. The molecular formula is C13H15N5O. The van der Waals surface area contributed by atoms with E-state index in [0.717, 1.165) is 22.5 Å². The highest BCUT2D eigenvalue weighted by atomic mass is 16.5. The van der Waals surface area contributed by atoms with Crippen molar-refractivity contribution in [3.05, 3.63) is 36.2 Å². The van der Waals surface area contributed by atoms with Crippen molar-refractivity contribution < 1.29 is 4.74 Å². The Kier molecular flexibility index (Phi) is 2.63. The normalized spacial score (nSPS) is 11.1. The maximum Gasteiger partial charge on any atom is 0.201 e. The summed E-state index contributed by atoms with van der Waals surface area (Å²) in [5.41, 5.74) is 8.88. The maximum absolute atomic E-state index is 5.99. The number of ether oxygens (including phenoxy) is 1. The molecule has 1 aromatic carbocycles. The van der Waals surface area contributed by atoms with Gasteiger partial charge in [-0.3, -0.25) is 4.68 Å². The van der Waals surface area contributed by atoms with Crippen molar-refractivity contribution in [2.24, 2.45) is 7.05 Å². The molecule has 2 aromatic heterocycles. The van der Waals surface area contributed by atoms with E-state index >= 15 is 0 Å². The number of imidazole rings is 1. The Hall–Kier alpha value is -2.50. The molecular weight excluding hydrogens is 242 g/mol. The number of benzene rings is 1. The number of anilines is 1. The van der Waals surface area contributed by atoms with Crippen molar-refractivity contribution in [1.82, 2.24) is 19.3 Å². The Morgan fingerprint density at radius 3 is 2.84 bits per heavy atom. The van der Waals surface area contributed by atoms with Gasteiger partial charge in [-0.15, -0.1) is 0 Å². The number of fused-ring (bicyclic) bond motifs is 1. The molecule has 0 amide bonds. The average molecular weight is 257 g/mol. The lowest BCUT2D eigenvalue weighted by Gasteiger charge is -2.07. The standard InChI is InChI=1S/C13H15N5O/c1-17-9(5-6-15-17)8-18-12-4-3-10(19-2)7-11(12)16-13(18)14/h3-7H,8H2,1-2H3,(H2,14,16). The van der Waals surface area contributed by atoms with Crippen LogP contribution < -0.4 is 10.5 Å². The summed E-state index contributed by atoms with van der Waals surface area (Å²) in [4.78, 5) is 4.36. The maximum atomic E-state index is 5.99. The number of nitrogens with two attached hydrogens (primary N) is 1. The Labute approximate surface area is 110 Å². The van der Waals surface area contributed by atoms with Crippen LogP contribution in [0.15, 0.2) is 30.5 Å². The van der Waals surface area contributed by atoms with E-state index in [9.17, 15) is 0 Å². The van der Waals surface area contributed by atoms with Gasteiger partial charge >= 0.3 is 0 Å². The van der Waals surface area contributed by atoms with E-state index in [4.69, 9.17) is 10.5 Å². The molecule has 0 saturated carbocycles. The van der Waals surface area contributed by atoms with Crippen molar-refractivity contribution in [2.75, 3.05) is 12.8 Å². The largest absolute Gasteiger partial charge is 0.497 e. The molecule has 3 aromatic rings. The number of hydrogen-bond acceptors (Lipinski definition) is 4. The first-order chi connectivity index (χ1) is 9.19. The zero-order valence-electron chi connectivity index (χ0n) is 10.9. The smallest absolute Gasteiger partial charge is 0.201 e. The van der Waals surface area contributed by atoms with Gasteiger partial charge in [0.2, 0.25) is 5.95 Å². The highest BCUT2D eigenvalue weighted by molar-refractivity contribution is 5.80. The lowest BCUT2D eigenvalue weighted by Crippen LogP contribution is -2.08. The van der Waals surface area contributed by atoms with Gasteiger partial charge in [-0.2, -0.15) is 5.10 Å².